The molecular formula is C19H18FNO2. The van der Waals surface area contributed by atoms with E-state index in [0.717, 1.165) is 11.3 Å². The van der Waals surface area contributed by atoms with Gasteiger partial charge in [-0.15, -0.1) is 0 Å². The largest absolute Gasteiger partial charge is 0.325 e. The number of nitrogens with one attached hydrogen (secondary N) is 1. The molecule has 1 heterocycles. The number of amides is 1. The molecule has 1 aliphatic rings. The molecule has 0 saturated carbocycles. The minimum absolute atomic E-state index is 0.0299. The van der Waals surface area contributed by atoms with Crippen molar-refractivity contribution in [2.24, 2.45) is 0 Å². The van der Waals surface area contributed by atoms with E-state index in [0.29, 0.717) is 5.56 Å². The lowest BCUT2D eigenvalue weighted by molar-refractivity contribution is -0.122. The molecule has 118 valence electrons. The molecule has 1 N–H and O–H groups in total. The van der Waals surface area contributed by atoms with Gasteiger partial charge in [-0.2, -0.15) is 0 Å². The highest BCUT2D eigenvalue weighted by Crippen LogP contribution is 2.48. The minimum atomic E-state index is -0.907. The molecule has 0 radical (unpaired) electrons. The van der Waals surface area contributed by atoms with Gasteiger partial charge in [-0.1, -0.05) is 30.3 Å². The van der Waals surface area contributed by atoms with Gasteiger partial charge in [0.2, 0.25) is 5.91 Å². The number of carbonyl (C=O) groups is 2. The monoisotopic (exact) mass is 311 g/mol. The first kappa shape index (κ1) is 15.4. The number of ketones is 1. The molecule has 0 unspecified atom stereocenters. The molecule has 0 spiro atoms. The first-order chi connectivity index (χ1) is 10.9. The molecule has 1 amide bonds. The Morgan fingerprint density at radius 3 is 2.65 bits per heavy atom. The van der Waals surface area contributed by atoms with Gasteiger partial charge in [0.05, 0.1) is 5.41 Å². The normalized spacial score (nSPS) is 20.7. The van der Waals surface area contributed by atoms with E-state index >= 15 is 0 Å². The maximum atomic E-state index is 13.7. The summed E-state index contributed by atoms with van der Waals surface area (Å²) in [4.78, 5) is 24.5. The predicted molar refractivity (Wildman–Crippen MR) is 86.9 cm³/mol. The van der Waals surface area contributed by atoms with Gasteiger partial charge in [0.25, 0.3) is 0 Å². The van der Waals surface area contributed by atoms with Crippen molar-refractivity contribution in [3.63, 3.8) is 0 Å². The van der Waals surface area contributed by atoms with Crippen LogP contribution in [-0.2, 0) is 15.0 Å². The Labute approximate surface area is 134 Å². The lowest BCUT2D eigenvalue weighted by atomic mass is 9.68. The summed E-state index contributed by atoms with van der Waals surface area (Å²) in [7, 11) is 0. The van der Waals surface area contributed by atoms with Crippen molar-refractivity contribution >= 4 is 17.4 Å². The number of Topliss-reactive ketones (excluding diaryl/α,β-unsaturated/α-hetero) is 1. The molecule has 0 bridgehead atoms. The third kappa shape index (κ3) is 2.54. The highest BCUT2D eigenvalue weighted by molar-refractivity contribution is 6.07. The summed E-state index contributed by atoms with van der Waals surface area (Å²) in [5.74, 6) is -0.974. The summed E-state index contributed by atoms with van der Waals surface area (Å²) in [6.45, 7) is 3.32. The number of anilines is 1. The Balaban J connectivity index is 2.16. The number of halogens is 1. The Hall–Kier alpha value is -2.49. The van der Waals surface area contributed by atoms with Crippen LogP contribution < -0.4 is 5.32 Å². The van der Waals surface area contributed by atoms with Gasteiger partial charge in [-0.25, -0.2) is 4.39 Å². The SMILES string of the molecule is CC(=O)C[C@H](c1cccc(F)c1)[C@]1(C)C(=O)Nc2ccccc21. The molecule has 3 nitrogen and oxygen atoms in total. The highest BCUT2D eigenvalue weighted by Gasteiger charge is 2.49. The fraction of sp³-hybridized carbons (Fsp3) is 0.263. The molecule has 0 aromatic heterocycles. The van der Waals surface area contributed by atoms with Crippen molar-refractivity contribution in [3.8, 4) is 0 Å². The van der Waals surface area contributed by atoms with Crippen molar-refractivity contribution in [1.82, 2.24) is 0 Å². The van der Waals surface area contributed by atoms with Crippen molar-refractivity contribution < 1.29 is 14.0 Å². The van der Waals surface area contributed by atoms with Gasteiger partial charge in [0.15, 0.2) is 0 Å². The Morgan fingerprint density at radius 2 is 1.96 bits per heavy atom. The summed E-state index contributed by atoms with van der Waals surface area (Å²) in [5.41, 5.74) is 1.36. The molecule has 0 aliphatic carbocycles. The van der Waals surface area contributed by atoms with E-state index in [9.17, 15) is 14.0 Å². The van der Waals surface area contributed by atoms with Gasteiger partial charge in [-0.05, 0) is 43.2 Å². The Kier molecular flexibility index (Phi) is 3.76. The van der Waals surface area contributed by atoms with Gasteiger partial charge < -0.3 is 10.1 Å². The third-order valence-corrected chi connectivity index (χ3v) is 4.65. The van der Waals surface area contributed by atoms with E-state index in [1.807, 2.05) is 31.2 Å². The van der Waals surface area contributed by atoms with Gasteiger partial charge in [0, 0.05) is 18.0 Å². The third-order valence-electron chi connectivity index (χ3n) is 4.65. The van der Waals surface area contributed by atoms with E-state index < -0.39 is 11.3 Å². The van der Waals surface area contributed by atoms with Crippen LogP contribution in [0.5, 0.6) is 0 Å². The fourth-order valence-corrected chi connectivity index (χ4v) is 3.43. The van der Waals surface area contributed by atoms with E-state index in [1.165, 1.54) is 19.1 Å². The van der Waals surface area contributed by atoms with E-state index in [2.05, 4.69) is 5.32 Å². The van der Waals surface area contributed by atoms with Crippen molar-refractivity contribution in [3.05, 3.63) is 65.5 Å². The maximum Gasteiger partial charge on any atom is 0.235 e. The van der Waals surface area contributed by atoms with Crippen LogP contribution >= 0.6 is 0 Å². The molecular weight excluding hydrogens is 293 g/mol. The maximum absolute atomic E-state index is 13.7. The number of hydrogen-bond donors (Lipinski definition) is 1. The van der Waals surface area contributed by atoms with Crippen LogP contribution in [0.25, 0.3) is 0 Å². The summed E-state index contributed by atoms with van der Waals surface area (Å²) in [6, 6.07) is 13.6. The zero-order chi connectivity index (χ0) is 16.6. The van der Waals surface area contributed by atoms with Gasteiger partial charge in [-0.3, -0.25) is 4.79 Å². The van der Waals surface area contributed by atoms with Crippen molar-refractivity contribution in [2.75, 3.05) is 5.32 Å². The first-order valence-corrected chi connectivity index (χ1v) is 7.59. The quantitative estimate of drug-likeness (QED) is 0.933. The number of fused-ring (bicyclic) bond motifs is 1. The lowest BCUT2D eigenvalue weighted by Gasteiger charge is -2.32. The predicted octanol–water partition coefficient (Wildman–Crippen LogP) is 3.80. The van der Waals surface area contributed by atoms with Crippen LogP contribution in [0.3, 0.4) is 0 Å². The van der Waals surface area contributed by atoms with Crippen LogP contribution in [0, 0.1) is 5.82 Å². The van der Waals surface area contributed by atoms with E-state index in [1.54, 1.807) is 12.1 Å². The fourth-order valence-electron chi connectivity index (χ4n) is 3.43. The van der Waals surface area contributed by atoms with Crippen molar-refractivity contribution in [2.45, 2.75) is 31.6 Å². The highest BCUT2D eigenvalue weighted by atomic mass is 19.1. The van der Waals surface area contributed by atoms with Crippen LogP contribution in [-0.4, -0.2) is 11.7 Å². The van der Waals surface area contributed by atoms with Crippen LogP contribution in [0.15, 0.2) is 48.5 Å². The van der Waals surface area contributed by atoms with Crippen LogP contribution in [0.2, 0.25) is 0 Å². The molecule has 2 atom stereocenters. The number of para-hydroxylation sites is 1. The smallest absolute Gasteiger partial charge is 0.235 e. The van der Waals surface area contributed by atoms with Gasteiger partial charge in [0.1, 0.15) is 11.6 Å². The summed E-state index contributed by atoms with van der Waals surface area (Å²) in [5, 5.41) is 2.88. The molecule has 0 saturated heterocycles. The van der Waals surface area contributed by atoms with Crippen LogP contribution in [0.1, 0.15) is 37.3 Å². The number of carbonyl (C=O) groups excluding carboxylic acids is 2. The lowest BCUT2D eigenvalue weighted by Crippen LogP contribution is -2.38. The number of rotatable bonds is 4. The second-order valence-corrected chi connectivity index (χ2v) is 6.22. The van der Waals surface area contributed by atoms with Crippen LogP contribution in [0.4, 0.5) is 10.1 Å². The zero-order valence-corrected chi connectivity index (χ0v) is 13.1. The van der Waals surface area contributed by atoms with E-state index in [-0.39, 0.29) is 23.9 Å². The average Bonchev–Trinajstić information content (AvgIpc) is 2.77. The second-order valence-electron chi connectivity index (χ2n) is 6.22. The Morgan fingerprint density at radius 1 is 1.22 bits per heavy atom. The molecule has 4 heteroatoms. The molecule has 23 heavy (non-hydrogen) atoms. The summed E-state index contributed by atoms with van der Waals surface area (Å²) < 4.78 is 13.7. The molecule has 1 aliphatic heterocycles. The Bertz CT molecular complexity index is 786. The van der Waals surface area contributed by atoms with Crippen molar-refractivity contribution in [1.29, 1.82) is 0 Å². The second kappa shape index (κ2) is 5.61. The minimum Gasteiger partial charge on any atom is -0.325 e. The van der Waals surface area contributed by atoms with Gasteiger partial charge >= 0.3 is 0 Å². The topological polar surface area (TPSA) is 46.2 Å². The zero-order valence-electron chi connectivity index (χ0n) is 13.1. The summed E-state index contributed by atoms with van der Waals surface area (Å²) in [6.07, 6.45) is 0.182. The number of benzene rings is 2. The standard InChI is InChI=1S/C19H18FNO2/c1-12(22)10-16(13-6-5-7-14(20)11-13)19(2)15-8-3-4-9-17(15)21-18(19)23/h3-9,11,16H,10H2,1-2H3,(H,21,23)/t16-,19-/m1/s1. The first-order valence-electron chi connectivity index (χ1n) is 7.59. The molecule has 0 fully saturated rings. The number of hydrogen-bond acceptors (Lipinski definition) is 2. The molecule has 2 aromatic rings. The van der Waals surface area contributed by atoms with E-state index in [4.69, 9.17) is 0 Å². The summed E-state index contributed by atoms with van der Waals surface area (Å²) >= 11 is 0. The molecule has 3 rings (SSSR count). The molecule has 2 aromatic carbocycles. The average molecular weight is 311 g/mol.